The van der Waals surface area contributed by atoms with Crippen LogP contribution in [-0.2, 0) is 4.79 Å². The fourth-order valence-electron chi connectivity index (χ4n) is 1.46. The number of rotatable bonds is 2. The molecule has 1 aliphatic heterocycles. The minimum atomic E-state index is -0.233. The van der Waals surface area contributed by atoms with Crippen molar-refractivity contribution in [3.63, 3.8) is 0 Å². The van der Waals surface area contributed by atoms with Crippen molar-refractivity contribution in [1.29, 1.82) is 0 Å². The molecule has 1 saturated heterocycles. The molecule has 1 rings (SSSR count). The summed E-state index contributed by atoms with van der Waals surface area (Å²) < 4.78 is 0. The van der Waals surface area contributed by atoms with Crippen LogP contribution in [0.5, 0.6) is 0 Å². The van der Waals surface area contributed by atoms with E-state index in [2.05, 4.69) is 5.32 Å². The molecule has 0 aromatic heterocycles. The van der Waals surface area contributed by atoms with Crippen molar-refractivity contribution < 1.29 is 4.79 Å². The Hall–Kier alpha value is -0.280. The second kappa shape index (κ2) is 3.93. The zero-order valence-electron chi connectivity index (χ0n) is 6.35. The first-order valence-electron chi connectivity index (χ1n) is 3.84. The van der Waals surface area contributed by atoms with Gasteiger partial charge in [0.15, 0.2) is 0 Å². The van der Waals surface area contributed by atoms with Crippen LogP contribution in [0.4, 0.5) is 0 Å². The molecule has 0 radical (unpaired) electrons. The summed E-state index contributed by atoms with van der Waals surface area (Å²) in [5, 5.41) is 3.17. The number of piperidine rings is 1. The molecule has 2 atom stereocenters. The highest BCUT2D eigenvalue weighted by atomic mass is 35.5. The van der Waals surface area contributed by atoms with E-state index in [1.165, 1.54) is 0 Å². The minimum Gasteiger partial charge on any atom is -0.369 e. The van der Waals surface area contributed by atoms with Crippen molar-refractivity contribution in [3.8, 4) is 0 Å². The molecule has 1 aliphatic rings. The number of hydrogen-bond acceptors (Lipinski definition) is 2. The van der Waals surface area contributed by atoms with Gasteiger partial charge in [-0.25, -0.2) is 0 Å². The van der Waals surface area contributed by atoms with Crippen molar-refractivity contribution in [1.82, 2.24) is 5.32 Å². The lowest BCUT2D eigenvalue weighted by molar-refractivity contribution is -0.123. The number of primary amides is 1. The zero-order chi connectivity index (χ0) is 8.27. The summed E-state index contributed by atoms with van der Waals surface area (Å²) in [7, 11) is 0. The first kappa shape index (κ1) is 8.81. The average Bonchev–Trinajstić information content (AvgIpc) is 2.04. The van der Waals surface area contributed by atoms with Crippen molar-refractivity contribution in [2.45, 2.75) is 18.9 Å². The molecular weight excluding hydrogens is 164 g/mol. The first-order chi connectivity index (χ1) is 5.25. The number of carbonyl (C=O) groups is 1. The lowest BCUT2D eigenvalue weighted by Gasteiger charge is -2.28. The number of nitrogens with two attached hydrogens (primary N) is 1. The van der Waals surface area contributed by atoms with Crippen LogP contribution in [0, 0.1) is 5.92 Å². The average molecular weight is 177 g/mol. The number of carbonyl (C=O) groups excluding carboxylic acids is 1. The minimum absolute atomic E-state index is 0.0683. The van der Waals surface area contributed by atoms with Gasteiger partial charge in [-0.05, 0) is 19.4 Å². The summed E-state index contributed by atoms with van der Waals surface area (Å²) in [6.07, 6.45) is 1.89. The Balaban J connectivity index is 2.51. The normalized spacial score (nSPS) is 31.7. The number of halogens is 1. The number of hydrogen-bond donors (Lipinski definition) is 2. The number of amides is 1. The van der Waals surface area contributed by atoms with E-state index in [0.717, 1.165) is 19.4 Å². The highest BCUT2D eigenvalue weighted by molar-refractivity contribution is 6.18. The van der Waals surface area contributed by atoms with E-state index in [0.29, 0.717) is 5.88 Å². The van der Waals surface area contributed by atoms with Crippen LogP contribution < -0.4 is 11.1 Å². The highest BCUT2D eigenvalue weighted by Crippen LogP contribution is 2.16. The van der Waals surface area contributed by atoms with Gasteiger partial charge in [-0.2, -0.15) is 0 Å². The fraction of sp³-hybridized carbons (Fsp3) is 0.857. The van der Waals surface area contributed by atoms with E-state index in [9.17, 15) is 4.79 Å². The van der Waals surface area contributed by atoms with E-state index >= 15 is 0 Å². The third-order valence-electron chi connectivity index (χ3n) is 2.12. The Labute approximate surface area is 71.3 Å². The fourth-order valence-corrected chi connectivity index (χ4v) is 1.78. The van der Waals surface area contributed by atoms with Crippen LogP contribution in [-0.4, -0.2) is 24.4 Å². The molecule has 2 unspecified atom stereocenters. The Kier molecular flexibility index (Phi) is 3.15. The van der Waals surface area contributed by atoms with Crippen LogP contribution in [0.3, 0.4) is 0 Å². The van der Waals surface area contributed by atoms with Gasteiger partial charge < -0.3 is 11.1 Å². The van der Waals surface area contributed by atoms with Gasteiger partial charge in [0, 0.05) is 11.9 Å². The molecule has 0 spiro atoms. The van der Waals surface area contributed by atoms with E-state index in [1.54, 1.807) is 0 Å². The predicted molar refractivity (Wildman–Crippen MR) is 44.4 cm³/mol. The van der Waals surface area contributed by atoms with Gasteiger partial charge in [-0.15, -0.1) is 11.6 Å². The van der Waals surface area contributed by atoms with Crippen LogP contribution >= 0.6 is 11.6 Å². The molecule has 11 heavy (non-hydrogen) atoms. The van der Waals surface area contributed by atoms with E-state index in [4.69, 9.17) is 17.3 Å². The molecule has 0 saturated carbocycles. The van der Waals surface area contributed by atoms with E-state index in [-0.39, 0.29) is 17.9 Å². The van der Waals surface area contributed by atoms with E-state index in [1.807, 2.05) is 0 Å². The Morgan fingerprint density at radius 3 is 2.91 bits per heavy atom. The molecule has 0 aliphatic carbocycles. The SMILES string of the molecule is NC(=O)C1CCCNC1CCl. The maximum absolute atomic E-state index is 10.8. The third-order valence-corrected chi connectivity index (χ3v) is 2.45. The van der Waals surface area contributed by atoms with Gasteiger partial charge in [0.25, 0.3) is 0 Å². The van der Waals surface area contributed by atoms with Gasteiger partial charge in [0.05, 0.1) is 5.92 Å². The Morgan fingerprint density at radius 2 is 2.45 bits per heavy atom. The number of alkyl halides is 1. The molecule has 3 N–H and O–H groups in total. The smallest absolute Gasteiger partial charge is 0.222 e. The Morgan fingerprint density at radius 1 is 1.73 bits per heavy atom. The standard InChI is InChI=1S/C7H13ClN2O/c8-4-6-5(7(9)11)2-1-3-10-6/h5-6,10H,1-4H2,(H2,9,11). The summed E-state index contributed by atoms with van der Waals surface area (Å²) >= 11 is 5.65. The molecule has 0 aromatic rings. The topological polar surface area (TPSA) is 55.1 Å². The largest absolute Gasteiger partial charge is 0.369 e. The van der Waals surface area contributed by atoms with Crippen molar-refractivity contribution in [2.75, 3.05) is 12.4 Å². The molecule has 64 valence electrons. The summed E-state index contributed by atoms with van der Waals surface area (Å²) in [4.78, 5) is 10.8. The van der Waals surface area contributed by atoms with Gasteiger partial charge in [0.1, 0.15) is 0 Å². The molecule has 4 heteroatoms. The van der Waals surface area contributed by atoms with Crippen molar-refractivity contribution in [3.05, 3.63) is 0 Å². The second-order valence-corrected chi connectivity index (χ2v) is 3.17. The zero-order valence-corrected chi connectivity index (χ0v) is 7.10. The van der Waals surface area contributed by atoms with Crippen LogP contribution in [0.2, 0.25) is 0 Å². The summed E-state index contributed by atoms with van der Waals surface area (Å²) in [5.74, 6) is 0.164. The van der Waals surface area contributed by atoms with Gasteiger partial charge in [-0.3, -0.25) is 4.79 Å². The maximum atomic E-state index is 10.8. The quantitative estimate of drug-likeness (QED) is 0.586. The first-order valence-corrected chi connectivity index (χ1v) is 4.38. The molecule has 1 fully saturated rings. The third kappa shape index (κ3) is 2.07. The summed E-state index contributed by atoms with van der Waals surface area (Å²) in [6.45, 7) is 0.946. The molecule has 1 amide bonds. The number of nitrogens with one attached hydrogen (secondary N) is 1. The second-order valence-electron chi connectivity index (χ2n) is 2.87. The molecule has 1 heterocycles. The predicted octanol–water partition coefficient (Wildman–Crippen LogP) is 0.0787. The lowest BCUT2D eigenvalue weighted by atomic mass is 9.91. The van der Waals surface area contributed by atoms with Crippen LogP contribution in [0.25, 0.3) is 0 Å². The van der Waals surface area contributed by atoms with Crippen molar-refractivity contribution in [2.24, 2.45) is 11.7 Å². The van der Waals surface area contributed by atoms with Gasteiger partial charge >= 0.3 is 0 Å². The summed E-state index contributed by atoms with van der Waals surface area (Å²) in [5.41, 5.74) is 5.20. The summed E-state index contributed by atoms with van der Waals surface area (Å²) in [6, 6.07) is 0.0860. The molecular formula is C7H13ClN2O. The van der Waals surface area contributed by atoms with E-state index < -0.39 is 0 Å². The van der Waals surface area contributed by atoms with Crippen LogP contribution in [0.15, 0.2) is 0 Å². The van der Waals surface area contributed by atoms with Crippen LogP contribution in [0.1, 0.15) is 12.8 Å². The monoisotopic (exact) mass is 176 g/mol. The maximum Gasteiger partial charge on any atom is 0.222 e. The van der Waals surface area contributed by atoms with Crippen molar-refractivity contribution >= 4 is 17.5 Å². The van der Waals surface area contributed by atoms with Gasteiger partial charge in [-0.1, -0.05) is 0 Å². The van der Waals surface area contributed by atoms with Gasteiger partial charge in [0.2, 0.25) is 5.91 Å². The molecule has 0 bridgehead atoms. The highest BCUT2D eigenvalue weighted by Gasteiger charge is 2.27. The lowest BCUT2D eigenvalue weighted by Crippen LogP contribution is -2.47. The molecule has 0 aromatic carbocycles. The Bertz CT molecular complexity index is 151. The molecule has 3 nitrogen and oxygen atoms in total.